The first kappa shape index (κ1) is 24.2. The molecule has 8 nitrogen and oxygen atoms in total. The molecule has 0 saturated heterocycles. The van der Waals surface area contributed by atoms with Gasteiger partial charge in [-0.15, -0.1) is 10.2 Å². The fraction of sp³-hybridized carbons (Fsp3) is 0.192. The van der Waals surface area contributed by atoms with Crippen LogP contribution in [0.1, 0.15) is 18.4 Å². The number of nitro groups is 1. The number of benzene rings is 3. The van der Waals surface area contributed by atoms with Crippen LogP contribution in [0.15, 0.2) is 90.1 Å². The topological polar surface area (TPSA) is 103 Å². The Kier molecular flexibility index (Phi) is 8.24. The van der Waals surface area contributed by atoms with Crippen LogP contribution in [0.3, 0.4) is 0 Å². The molecule has 0 saturated carbocycles. The molecule has 0 aliphatic rings. The number of nitrogens with one attached hydrogen (secondary N) is 1. The molecule has 0 atom stereocenters. The number of thioether (sulfide) groups is 1. The van der Waals surface area contributed by atoms with Gasteiger partial charge in [0.15, 0.2) is 11.0 Å². The van der Waals surface area contributed by atoms with Crippen molar-refractivity contribution in [3.05, 3.63) is 101 Å². The predicted molar refractivity (Wildman–Crippen MR) is 137 cm³/mol. The van der Waals surface area contributed by atoms with Gasteiger partial charge < -0.3 is 5.32 Å². The maximum atomic E-state index is 12.2. The molecule has 35 heavy (non-hydrogen) atoms. The first-order chi connectivity index (χ1) is 17.1. The lowest BCUT2D eigenvalue weighted by Crippen LogP contribution is -2.25. The standard InChI is InChI=1S/C26H25N5O3S/c32-24(27-18-17-20-8-3-1-4-9-20)12-7-19-35-26-29-28-25(30(26)22-10-5-2-6-11-22)21-13-15-23(16-14-21)31(33)34/h1-6,8-11,13-16H,7,12,17-19H2,(H,27,32). The molecule has 1 amide bonds. The van der Waals surface area contributed by atoms with Gasteiger partial charge in [-0.25, -0.2) is 0 Å². The molecule has 4 aromatic rings. The fourth-order valence-corrected chi connectivity index (χ4v) is 4.46. The van der Waals surface area contributed by atoms with E-state index in [-0.39, 0.29) is 11.6 Å². The summed E-state index contributed by atoms with van der Waals surface area (Å²) in [5.41, 5.74) is 2.85. The molecule has 0 aliphatic carbocycles. The minimum Gasteiger partial charge on any atom is -0.356 e. The summed E-state index contributed by atoms with van der Waals surface area (Å²) in [6, 6.07) is 26.1. The van der Waals surface area contributed by atoms with Crippen molar-refractivity contribution in [2.24, 2.45) is 0 Å². The fourth-order valence-electron chi connectivity index (χ4n) is 3.57. The monoisotopic (exact) mass is 487 g/mol. The third kappa shape index (κ3) is 6.54. The van der Waals surface area contributed by atoms with Crippen LogP contribution in [0, 0.1) is 10.1 Å². The molecular formula is C26H25N5O3S. The van der Waals surface area contributed by atoms with Crippen molar-refractivity contribution >= 4 is 23.4 Å². The van der Waals surface area contributed by atoms with Crippen LogP contribution in [0.4, 0.5) is 5.69 Å². The van der Waals surface area contributed by atoms with Gasteiger partial charge in [-0.1, -0.05) is 60.3 Å². The molecule has 0 unspecified atom stereocenters. The van der Waals surface area contributed by atoms with Crippen LogP contribution in [-0.4, -0.2) is 37.9 Å². The van der Waals surface area contributed by atoms with E-state index in [0.717, 1.165) is 17.7 Å². The summed E-state index contributed by atoms with van der Waals surface area (Å²) in [5, 5.41) is 23.4. The molecule has 0 bridgehead atoms. The first-order valence-corrected chi connectivity index (χ1v) is 12.3. The van der Waals surface area contributed by atoms with E-state index in [1.54, 1.807) is 12.1 Å². The maximum Gasteiger partial charge on any atom is 0.269 e. The van der Waals surface area contributed by atoms with E-state index < -0.39 is 4.92 Å². The third-order valence-electron chi connectivity index (χ3n) is 5.34. The second-order valence-corrected chi connectivity index (χ2v) is 8.88. The Hall–Kier alpha value is -3.98. The molecule has 1 aromatic heterocycles. The lowest BCUT2D eigenvalue weighted by Gasteiger charge is -2.10. The van der Waals surface area contributed by atoms with Crippen molar-refractivity contribution in [1.29, 1.82) is 0 Å². The summed E-state index contributed by atoms with van der Waals surface area (Å²) in [4.78, 5) is 22.8. The zero-order chi connectivity index (χ0) is 24.5. The van der Waals surface area contributed by atoms with Crippen molar-refractivity contribution in [3.63, 3.8) is 0 Å². The second kappa shape index (κ2) is 11.9. The number of rotatable bonds is 11. The third-order valence-corrected chi connectivity index (χ3v) is 6.36. The van der Waals surface area contributed by atoms with E-state index in [2.05, 4.69) is 27.6 Å². The second-order valence-electron chi connectivity index (χ2n) is 7.82. The van der Waals surface area contributed by atoms with E-state index in [0.29, 0.717) is 36.1 Å². The smallest absolute Gasteiger partial charge is 0.269 e. The van der Waals surface area contributed by atoms with Gasteiger partial charge in [-0.3, -0.25) is 19.5 Å². The van der Waals surface area contributed by atoms with Crippen molar-refractivity contribution in [3.8, 4) is 17.1 Å². The number of hydrogen-bond acceptors (Lipinski definition) is 6. The van der Waals surface area contributed by atoms with E-state index in [4.69, 9.17) is 0 Å². The van der Waals surface area contributed by atoms with Crippen molar-refractivity contribution < 1.29 is 9.72 Å². The molecule has 0 spiro atoms. The van der Waals surface area contributed by atoms with Crippen LogP contribution in [0.5, 0.6) is 0 Å². The minimum absolute atomic E-state index is 0.0242. The average molecular weight is 488 g/mol. The van der Waals surface area contributed by atoms with Gasteiger partial charge >= 0.3 is 0 Å². The van der Waals surface area contributed by atoms with Gasteiger partial charge in [-0.05, 0) is 42.7 Å². The van der Waals surface area contributed by atoms with Gasteiger partial charge in [0, 0.05) is 42.1 Å². The van der Waals surface area contributed by atoms with Crippen LogP contribution >= 0.6 is 11.8 Å². The Balaban J connectivity index is 1.37. The minimum atomic E-state index is -0.426. The highest BCUT2D eigenvalue weighted by Crippen LogP contribution is 2.29. The number of non-ortho nitro benzene ring substituents is 1. The molecule has 0 radical (unpaired) electrons. The highest BCUT2D eigenvalue weighted by molar-refractivity contribution is 7.99. The van der Waals surface area contributed by atoms with Gasteiger partial charge in [0.25, 0.3) is 5.69 Å². The summed E-state index contributed by atoms with van der Waals surface area (Å²) >= 11 is 1.53. The van der Waals surface area contributed by atoms with Crippen molar-refractivity contribution in [2.75, 3.05) is 12.3 Å². The molecule has 0 aliphatic heterocycles. The predicted octanol–water partition coefficient (Wildman–Crippen LogP) is 5.07. The lowest BCUT2D eigenvalue weighted by atomic mass is 10.1. The lowest BCUT2D eigenvalue weighted by molar-refractivity contribution is -0.384. The van der Waals surface area contributed by atoms with Crippen LogP contribution in [0.2, 0.25) is 0 Å². The molecule has 4 rings (SSSR count). The van der Waals surface area contributed by atoms with E-state index >= 15 is 0 Å². The van der Waals surface area contributed by atoms with E-state index in [1.165, 1.54) is 29.5 Å². The number of hydrogen-bond donors (Lipinski definition) is 1. The van der Waals surface area contributed by atoms with Gasteiger partial charge in [-0.2, -0.15) is 0 Å². The van der Waals surface area contributed by atoms with Crippen LogP contribution in [0.25, 0.3) is 17.1 Å². The van der Waals surface area contributed by atoms with Crippen molar-refractivity contribution in [2.45, 2.75) is 24.4 Å². The summed E-state index contributed by atoms with van der Waals surface area (Å²) < 4.78 is 1.94. The highest BCUT2D eigenvalue weighted by atomic mass is 32.2. The van der Waals surface area contributed by atoms with Crippen LogP contribution in [-0.2, 0) is 11.2 Å². The molecule has 1 N–H and O–H groups in total. The Morgan fingerprint density at radius 3 is 2.31 bits per heavy atom. The molecule has 1 heterocycles. The highest BCUT2D eigenvalue weighted by Gasteiger charge is 2.17. The first-order valence-electron chi connectivity index (χ1n) is 11.3. The Labute approximate surface area is 207 Å². The van der Waals surface area contributed by atoms with Crippen LogP contribution < -0.4 is 5.32 Å². The summed E-state index contributed by atoms with van der Waals surface area (Å²) in [7, 11) is 0. The molecule has 0 fully saturated rings. The van der Waals surface area contributed by atoms with E-state index in [1.807, 2.05) is 53.1 Å². The Morgan fingerprint density at radius 2 is 1.63 bits per heavy atom. The van der Waals surface area contributed by atoms with Gasteiger partial charge in [0.2, 0.25) is 5.91 Å². The molecule has 3 aromatic carbocycles. The number of carbonyl (C=O) groups is 1. The number of para-hydroxylation sites is 1. The van der Waals surface area contributed by atoms with Crippen molar-refractivity contribution in [1.82, 2.24) is 20.1 Å². The number of carbonyl (C=O) groups excluding carboxylic acids is 1. The number of nitro benzene ring substituents is 1. The number of nitrogens with zero attached hydrogens (tertiary/aromatic N) is 4. The Morgan fingerprint density at radius 1 is 0.943 bits per heavy atom. The Bertz CT molecular complexity index is 1260. The molecule has 9 heteroatoms. The quantitative estimate of drug-likeness (QED) is 0.137. The summed E-state index contributed by atoms with van der Waals surface area (Å²) in [5.74, 6) is 1.35. The summed E-state index contributed by atoms with van der Waals surface area (Å²) in [6.07, 6.45) is 1.96. The summed E-state index contributed by atoms with van der Waals surface area (Å²) in [6.45, 7) is 0.622. The maximum absolute atomic E-state index is 12.2. The number of aromatic nitrogens is 3. The molecular weight excluding hydrogens is 462 g/mol. The normalized spacial score (nSPS) is 10.7. The number of amides is 1. The average Bonchev–Trinajstić information content (AvgIpc) is 3.32. The molecule has 178 valence electrons. The largest absolute Gasteiger partial charge is 0.356 e. The van der Waals surface area contributed by atoms with E-state index in [9.17, 15) is 14.9 Å². The SMILES string of the molecule is O=C(CCCSc1nnc(-c2ccc([N+](=O)[O-])cc2)n1-c1ccccc1)NCCc1ccccc1. The zero-order valence-corrected chi connectivity index (χ0v) is 19.9. The van der Waals surface area contributed by atoms with Gasteiger partial charge in [0.05, 0.1) is 4.92 Å². The van der Waals surface area contributed by atoms with Gasteiger partial charge in [0.1, 0.15) is 0 Å². The zero-order valence-electron chi connectivity index (χ0n) is 19.0.